The minimum absolute atomic E-state index is 0.193. The summed E-state index contributed by atoms with van der Waals surface area (Å²) < 4.78 is 19.8. The van der Waals surface area contributed by atoms with Crippen LogP contribution in [0.1, 0.15) is 61.9 Å². The molecule has 0 fully saturated rings. The van der Waals surface area contributed by atoms with E-state index in [0.29, 0.717) is 11.4 Å². The molecule has 0 aliphatic heterocycles. The molecule has 31 heavy (non-hydrogen) atoms. The fraction of sp³-hybridized carbons (Fsp3) is 0.364. The fourth-order valence-electron chi connectivity index (χ4n) is 3.02. The first-order valence-electron chi connectivity index (χ1n) is 9.83. The van der Waals surface area contributed by atoms with Crippen LogP contribution in [0, 0.1) is 12.7 Å². The molecule has 3 aromatic rings. The Labute approximate surface area is 178 Å². The van der Waals surface area contributed by atoms with Crippen LogP contribution in [0.2, 0.25) is 0 Å². The van der Waals surface area contributed by atoms with Crippen LogP contribution in [0.5, 0.6) is 0 Å². The second-order valence-electron chi connectivity index (χ2n) is 8.07. The van der Waals surface area contributed by atoms with E-state index in [9.17, 15) is 19.1 Å². The Balaban J connectivity index is 2.06. The minimum Gasteiger partial charge on any atom is -0.388 e. The van der Waals surface area contributed by atoms with Crippen molar-refractivity contribution in [3.05, 3.63) is 70.0 Å². The van der Waals surface area contributed by atoms with E-state index < -0.39 is 35.0 Å². The van der Waals surface area contributed by atoms with Crippen molar-refractivity contribution in [1.29, 1.82) is 0 Å². The standard InChI is InChI=1S/C22H25FN4O4/c1-12(20-25-14(3)26-31-20)24-19(28)16-10-18(15-6-8-17(23)9-7-15)21(29)27(11-16)13(2)22(4,5)30/h6-13,30H,1-5H3,(H,24,28)/t12-,13+/m1/s1. The van der Waals surface area contributed by atoms with E-state index in [4.69, 9.17) is 4.52 Å². The van der Waals surface area contributed by atoms with Gasteiger partial charge in [-0.2, -0.15) is 4.98 Å². The molecular formula is C22H25FN4O4. The second-order valence-corrected chi connectivity index (χ2v) is 8.07. The number of aromatic nitrogens is 3. The molecule has 9 heteroatoms. The van der Waals surface area contributed by atoms with Gasteiger partial charge < -0.3 is 19.5 Å². The Morgan fingerprint density at radius 1 is 1.26 bits per heavy atom. The average molecular weight is 428 g/mol. The van der Waals surface area contributed by atoms with Crippen molar-refractivity contribution >= 4 is 5.91 Å². The van der Waals surface area contributed by atoms with Crippen LogP contribution in [0.3, 0.4) is 0 Å². The summed E-state index contributed by atoms with van der Waals surface area (Å²) in [6, 6.07) is 5.67. The highest BCUT2D eigenvalue weighted by Gasteiger charge is 2.27. The lowest BCUT2D eigenvalue weighted by Gasteiger charge is -2.28. The predicted octanol–water partition coefficient (Wildman–Crippen LogP) is 3.17. The summed E-state index contributed by atoms with van der Waals surface area (Å²) in [6.07, 6.45) is 1.40. The molecule has 1 aromatic carbocycles. The molecule has 0 unspecified atom stereocenters. The number of halogens is 1. The van der Waals surface area contributed by atoms with Crippen molar-refractivity contribution in [2.75, 3.05) is 0 Å². The lowest BCUT2D eigenvalue weighted by molar-refractivity contribution is 0.0291. The number of hydrogen-bond donors (Lipinski definition) is 2. The summed E-state index contributed by atoms with van der Waals surface area (Å²) in [7, 11) is 0. The largest absolute Gasteiger partial charge is 0.388 e. The van der Waals surface area contributed by atoms with Gasteiger partial charge in [-0.3, -0.25) is 9.59 Å². The number of aliphatic hydroxyl groups is 1. The van der Waals surface area contributed by atoms with E-state index >= 15 is 0 Å². The Morgan fingerprint density at radius 2 is 1.90 bits per heavy atom. The van der Waals surface area contributed by atoms with Crippen LogP contribution in [0.25, 0.3) is 11.1 Å². The summed E-state index contributed by atoms with van der Waals surface area (Å²) >= 11 is 0. The highest BCUT2D eigenvalue weighted by atomic mass is 19.1. The van der Waals surface area contributed by atoms with Crippen LogP contribution in [-0.2, 0) is 0 Å². The number of carbonyl (C=O) groups is 1. The molecule has 0 saturated heterocycles. The molecule has 2 heterocycles. The van der Waals surface area contributed by atoms with Gasteiger partial charge in [0, 0.05) is 11.8 Å². The van der Waals surface area contributed by atoms with Gasteiger partial charge >= 0.3 is 0 Å². The normalized spacial score (nSPS) is 13.6. The number of nitrogens with zero attached hydrogens (tertiary/aromatic N) is 3. The van der Waals surface area contributed by atoms with Crippen molar-refractivity contribution < 1.29 is 18.8 Å². The van der Waals surface area contributed by atoms with Crippen LogP contribution < -0.4 is 10.9 Å². The highest BCUT2D eigenvalue weighted by Crippen LogP contribution is 2.24. The Bertz CT molecular complexity index is 1150. The summed E-state index contributed by atoms with van der Waals surface area (Å²) in [4.78, 5) is 30.2. The number of benzene rings is 1. The lowest BCUT2D eigenvalue weighted by Crippen LogP contribution is -2.38. The third-order valence-corrected chi connectivity index (χ3v) is 5.16. The van der Waals surface area contributed by atoms with Gasteiger partial charge in [0.2, 0.25) is 5.89 Å². The van der Waals surface area contributed by atoms with Crippen LogP contribution in [-0.4, -0.2) is 31.3 Å². The van der Waals surface area contributed by atoms with Crippen LogP contribution >= 0.6 is 0 Å². The highest BCUT2D eigenvalue weighted by molar-refractivity contribution is 5.95. The zero-order valence-corrected chi connectivity index (χ0v) is 18.0. The number of amides is 1. The van der Waals surface area contributed by atoms with Crippen molar-refractivity contribution in [2.24, 2.45) is 0 Å². The van der Waals surface area contributed by atoms with E-state index in [1.54, 1.807) is 34.6 Å². The maximum atomic E-state index is 13.4. The van der Waals surface area contributed by atoms with E-state index in [1.807, 2.05) is 0 Å². The monoisotopic (exact) mass is 428 g/mol. The SMILES string of the molecule is Cc1noc([C@@H](C)NC(=O)c2cc(-c3ccc(F)cc3)c(=O)n([C@@H](C)C(C)(C)O)c2)n1. The molecule has 3 rings (SSSR count). The van der Waals surface area contributed by atoms with Gasteiger partial charge in [0.05, 0.1) is 17.2 Å². The third-order valence-electron chi connectivity index (χ3n) is 5.16. The van der Waals surface area contributed by atoms with E-state index in [-0.39, 0.29) is 17.0 Å². The molecule has 2 aromatic heterocycles. The number of rotatable bonds is 6. The average Bonchev–Trinajstić information content (AvgIpc) is 3.14. The first-order chi connectivity index (χ1) is 14.5. The van der Waals surface area contributed by atoms with E-state index in [0.717, 1.165) is 0 Å². The number of carbonyl (C=O) groups excluding carboxylic acids is 1. The molecule has 0 saturated carbocycles. The van der Waals surface area contributed by atoms with Gasteiger partial charge in [-0.05, 0) is 58.4 Å². The van der Waals surface area contributed by atoms with Gasteiger partial charge in [0.1, 0.15) is 11.9 Å². The molecule has 1 amide bonds. The van der Waals surface area contributed by atoms with Crippen LogP contribution in [0.15, 0.2) is 45.8 Å². The summed E-state index contributed by atoms with van der Waals surface area (Å²) in [5.41, 5.74) is -0.770. The van der Waals surface area contributed by atoms with Crippen molar-refractivity contribution in [3.8, 4) is 11.1 Å². The second kappa shape index (κ2) is 8.43. The van der Waals surface area contributed by atoms with Gasteiger partial charge in [-0.25, -0.2) is 4.39 Å². The van der Waals surface area contributed by atoms with Crippen LogP contribution in [0.4, 0.5) is 4.39 Å². The van der Waals surface area contributed by atoms with Crippen molar-refractivity contribution in [3.63, 3.8) is 0 Å². The maximum Gasteiger partial charge on any atom is 0.258 e. The quantitative estimate of drug-likeness (QED) is 0.624. The van der Waals surface area contributed by atoms with Gasteiger partial charge in [0.15, 0.2) is 5.82 Å². The summed E-state index contributed by atoms with van der Waals surface area (Å²) in [5.74, 6) is -0.208. The van der Waals surface area contributed by atoms with Gasteiger partial charge in [-0.1, -0.05) is 17.3 Å². The molecule has 0 aliphatic carbocycles. The van der Waals surface area contributed by atoms with E-state index in [1.165, 1.54) is 41.1 Å². The van der Waals surface area contributed by atoms with E-state index in [2.05, 4.69) is 15.5 Å². The van der Waals surface area contributed by atoms with Gasteiger partial charge in [-0.15, -0.1) is 0 Å². The zero-order valence-electron chi connectivity index (χ0n) is 18.0. The number of nitrogens with one attached hydrogen (secondary N) is 1. The maximum absolute atomic E-state index is 13.4. The molecule has 0 radical (unpaired) electrons. The number of pyridine rings is 1. The molecule has 164 valence electrons. The smallest absolute Gasteiger partial charge is 0.258 e. The number of aryl methyl sites for hydroxylation is 1. The molecule has 2 atom stereocenters. The molecular weight excluding hydrogens is 403 g/mol. The molecule has 0 bridgehead atoms. The first-order valence-corrected chi connectivity index (χ1v) is 9.83. The van der Waals surface area contributed by atoms with Crippen molar-refractivity contribution in [2.45, 2.75) is 52.3 Å². The predicted molar refractivity (Wildman–Crippen MR) is 112 cm³/mol. The Morgan fingerprint density at radius 3 is 2.45 bits per heavy atom. The molecule has 0 spiro atoms. The minimum atomic E-state index is -1.23. The van der Waals surface area contributed by atoms with Crippen molar-refractivity contribution in [1.82, 2.24) is 20.0 Å². The zero-order chi connectivity index (χ0) is 22.9. The Hall–Kier alpha value is -3.33. The molecule has 2 N–H and O–H groups in total. The van der Waals surface area contributed by atoms with Gasteiger partial charge in [0.25, 0.3) is 11.5 Å². The topological polar surface area (TPSA) is 110 Å². The lowest BCUT2D eigenvalue weighted by atomic mass is 9.98. The first kappa shape index (κ1) is 22.4. The molecule has 8 nitrogen and oxygen atoms in total. The summed E-state index contributed by atoms with van der Waals surface area (Å²) in [6.45, 7) is 8.20. The summed E-state index contributed by atoms with van der Waals surface area (Å²) in [5, 5.41) is 16.9. The Kier molecular flexibility index (Phi) is 6.08. The third kappa shape index (κ3) is 4.88. The number of hydrogen-bond acceptors (Lipinski definition) is 6. The molecule has 0 aliphatic rings. The fourth-order valence-corrected chi connectivity index (χ4v) is 3.02.